The Morgan fingerprint density at radius 1 is 1.42 bits per heavy atom. The van der Waals surface area contributed by atoms with Gasteiger partial charge in [0.05, 0.1) is 0 Å². The van der Waals surface area contributed by atoms with E-state index in [0.29, 0.717) is 11.5 Å². The fraction of sp³-hybridized carbons (Fsp3) is 0.400. The van der Waals surface area contributed by atoms with E-state index in [-0.39, 0.29) is 5.56 Å². The average Bonchev–Trinajstić information content (AvgIpc) is 2.48. The van der Waals surface area contributed by atoms with Crippen LogP contribution >= 0.6 is 0 Å². The van der Waals surface area contributed by atoms with Crippen LogP contribution in [0, 0.1) is 6.92 Å². The number of hydrogen-bond acceptors (Lipinski definition) is 5. The molecule has 0 saturated heterocycles. The summed E-state index contributed by atoms with van der Waals surface area (Å²) in [6, 6.07) is 0. The van der Waals surface area contributed by atoms with Gasteiger partial charge in [0.15, 0.2) is 0 Å². The van der Waals surface area contributed by atoms with Crippen molar-refractivity contribution in [1.29, 1.82) is 0 Å². The van der Waals surface area contributed by atoms with Crippen molar-refractivity contribution in [2.75, 3.05) is 0 Å². The molecule has 2 rings (SSSR count). The number of rotatable bonds is 0. The third-order valence-corrected chi connectivity index (χ3v) is 1.60. The molecule has 0 radical (unpaired) electrons. The molecule has 12 heavy (non-hydrogen) atoms. The summed E-state index contributed by atoms with van der Waals surface area (Å²) in [6.45, 7) is 1.61. The molecule has 2 heterocycles. The van der Waals surface area contributed by atoms with Crippen molar-refractivity contribution in [1.82, 2.24) is 29.8 Å². The number of aromatic nitrogens is 6. The molecule has 0 bridgehead atoms. The smallest absolute Gasteiger partial charge is 0.276 e. The summed E-state index contributed by atoms with van der Waals surface area (Å²) in [7, 11) is 1.60. The Morgan fingerprint density at radius 2 is 2.17 bits per heavy atom. The summed E-state index contributed by atoms with van der Waals surface area (Å²) in [5.74, 6) is 0.339. The largest absolute Gasteiger partial charge is 0.276 e. The first-order valence-corrected chi connectivity index (χ1v) is 3.32. The molecule has 0 aliphatic heterocycles. The highest BCUT2D eigenvalue weighted by molar-refractivity contribution is 5.22. The molecule has 0 unspecified atom stereocenters. The van der Waals surface area contributed by atoms with Gasteiger partial charge in [-0.25, -0.2) is 0 Å². The lowest BCUT2D eigenvalue weighted by Gasteiger charge is -1.97. The predicted molar refractivity (Wildman–Crippen MR) is 38.6 cm³/mol. The number of tetrazole rings is 1. The highest BCUT2D eigenvalue weighted by Gasteiger charge is 2.06. The van der Waals surface area contributed by atoms with Crippen molar-refractivity contribution >= 4 is 5.78 Å². The first kappa shape index (κ1) is 6.89. The minimum absolute atomic E-state index is 0.183. The first-order valence-electron chi connectivity index (χ1n) is 3.32. The van der Waals surface area contributed by atoms with E-state index in [1.165, 1.54) is 9.20 Å². The number of nitrogens with zero attached hydrogens (tertiary/aromatic N) is 6. The molecule has 7 heteroatoms. The SMILES string of the molecule is Cc1nn2nnnc2n(C)c1=O. The van der Waals surface area contributed by atoms with Gasteiger partial charge in [-0.3, -0.25) is 9.36 Å². The van der Waals surface area contributed by atoms with Crippen LogP contribution in [0.15, 0.2) is 4.79 Å². The summed E-state index contributed by atoms with van der Waals surface area (Å²) < 4.78 is 2.57. The molecule has 0 aromatic carbocycles. The van der Waals surface area contributed by atoms with Crippen LogP contribution < -0.4 is 5.56 Å². The molecule has 0 fully saturated rings. The minimum Gasteiger partial charge on any atom is -0.276 e. The van der Waals surface area contributed by atoms with Crippen LogP contribution in [0.1, 0.15) is 5.69 Å². The molecule has 0 amide bonds. The van der Waals surface area contributed by atoms with E-state index in [4.69, 9.17) is 0 Å². The quantitative estimate of drug-likeness (QED) is 0.477. The van der Waals surface area contributed by atoms with Crippen molar-refractivity contribution in [3.8, 4) is 0 Å². The predicted octanol–water partition coefficient (Wildman–Crippen LogP) is -1.47. The second-order valence-corrected chi connectivity index (χ2v) is 2.42. The van der Waals surface area contributed by atoms with Gasteiger partial charge < -0.3 is 0 Å². The molecule has 7 nitrogen and oxygen atoms in total. The van der Waals surface area contributed by atoms with Gasteiger partial charge in [-0.2, -0.15) is 0 Å². The lowest BCUT2D eigenvalue weighted by Crippen LogP contribution is -2.24. The molecule has 0 aliphatic rings. The van der Waals surface area contributed by atoms with Crippen molar-refractivity contribution < 1.29 is 0 Å². The Bertz CT molecular complexity index is 482. The first-order chi connectivity index (χ1) is 5.70. The van der Waals surface area contributed by atoms with Crippen LogP contribution in [0.3, 0.4) is 0 Å². The van der Waals surface area contributed by atoms with Gasteiger partial charge >= 0.3 is 0 Å². The van der Waals surface area contributed by atoms with E-state index < -0.39 is 0 Å². The second-order valence-electron chi connectivity index (χ2n) is 2.42. The van der Waals surface area contributed by atoms with Crippen LogP contribution in [0.5, 0.6) is 0 Å². The van der Waals surface area contributed by atoms with E-state index >= 15 is 0 Å². The van der Waals surface area contributed by atoms with Crippen LogP contribution in [0.4, 0.5) is 0 Å². The molecular weight excluding hydrogens is 160 g/mol. The average molecular weight is 166 g/mol. The molecule has 0 saturated carbocycles. The molecule has 62 valence electrons. The third kappa shape index (κ3) is 0.728. The highest BCUT2D eigenvalue weighted by Crippen LogP contribution is 1.88. The maximum absolute atomic E-state index is 11.3. The van der Waals surface area contributed by atoms with Crippen LogP contribution in [0.25, 0.3) is 5.78 Å². The lowest BCUT2D eigenvalue weighted by atomic mass is 10.5. The van der Waals surface area contributed by atoms with Crippen molar-refractivity contribution in [2.24, 2.45) is 7.05 Å². The van der Waals surface area contributed by atoms with Crippen LogP contribution in [-0.4, -0.2) is 29.8 Å². The standard InChI is InChI=1S/C5H6N6O/c1-3-4(12)10(2)5-6-8-9-11(5)7-3/h1-2H3. The van der Waals surface area contributed by atoms with E-state index in [1.54, 1.807) is 14.0 Å². The Kier molecular flexibility index (Phi) is 1.20. The van der Waals surface area contributed by atoms with Gasteiger partial charge in [-0.05, 0) is 17.4 Å². The minimum atomic E-state index is -0.183. The van der Waals surface area contributed by atoms with Crippen molar-refractivity contribution in [3.63, 3.8) is 0 Å². The lowest BCUT2D eigenvalue weighted by molar-refractivity contribution is 0.677. The zero-order valence-electron chi connectivity index (χ0n) is 6.59. The van der Waals surface area contributed by atoms with Crippen molar-refractivity contribution in [3.05, 3.63) is 16.0 Å². The van der Waals surface area contributed by atoms with Crippen LogP contribution in [0.2, 0.25) is 0 Å². The number of hydrogen-bond donors (Lipinski definition) is 0. The van der Waals surface area contributed by atoms with Gasteiger partial charge in [0.25, 0.3) is 11.3 Å². The Morgan fingerprint density at radius 3 is 2.92 bits per heavy atom. The maximum atomic E-state index is 11.3. The van der Waals surface area contributed by atoms with E-state index in [2.05, 4.69) is 20.6 Å². The maximum Gasteiger partial charge on any atom is 0.276 e. The summed E-state index contributed by atoms with van der Waals surface area (Å²) in [4.78, 5) is 11.3. The summed E-state index contributed by atoms with van der Waals surface area (Å²) in [5, 5.41) is 14.4. The number of fused-ring (bicyclic) bond motifs is 1. The normalized spacial score (nSPS) is 10.8. The van der Waals surface area contributed by atoms with E-state index in [0.717, 1.165) is 0 Å². The second kappa shape index (κ2) is 2.10. The fourth-order valence-corrected chi connectivity index (χ4v) is 0.962. The Labute approximate surface area is 66.6 Å². The van der Waals surface area contributed by atoms with Gasteiger partial charge in [0.1, 0.15) is 5.69 Å². The molecule has 2 aromatic rings. The molecule has 0 spiro atoms. The monoisotopic (exact) mass is 166 g/mol. The van der Waals surface area contributed by atoms with E-state index in [1.807, 2.05) is 0 Å². The Hall–Kier alpha value is -1.79. The molecular formula is C5H6N6O. The Balaban J connectivity index is 3.05. The molecule has 0 N–H and O–H groups in total. The van der Waals surface area contributed by atoms with Gasteiger partial charge in [0.2, 0.25) is 0 Å². The van der Waals surface area contributed by atoms with Gasteiger partial charge in [0, 0.05) is 7.05 Å². The fourth-order valence-electron chi connectivity index (χ4n) is 0.962. The van der Waals surface area contributed by atoms with Crippen molar-refractivity contribution in [2.45, 2.75) is 6.92 Å². The zero-order chi connectivity index (χ0) is 8.72. The summed E-state index contributed by atoms with van der Waals surface area (Å²) in [5.41, 5.74) is 0.189. The third-order valence-electron chi connectivity index (χ3n) is 1.60. The summed E-state index contributed by atoms with van der Waals surface area (Å²) >= 11 is 0. The highest BCUT2D eigenvalue weighted by atomic mass is 16.1. The van der Waals surface area contributed by atoms with Gasteiger partial charge in [-0.1, -0.05) is 9.73 Å². The van der Waals surface area contributed by atoms with Crippen LogP contribution in [-0.2, 0) is 7.05 Å². The van der Waals surface area contributed by atoms with E-state index in [9.17, 15) is 4.79 Å². The zero-order valence-corrected chi connectivity index (χ0v) is 6.59. The summed E-state index contributed by atoms with van der Waals surface area (Å²) in [6.07, 6.45) is 0. The number of aryl methyl sites for hydroxylation is 2. The topological polar surface area (TPSA) is 78.0 Å². The molecule has 0 aliphatic carbocycles. The molecule has 0 atom stereocenters. The molecule has 2 aromatic heterocycles. The van der Waals surface area contributed by atoms with Gasteiger partial charge in [-0.15, -0.1) is 5.10 Å².